The quantitative estimate of drug-likeness (QED) is 0.159. The van der Waals surface area contributed by atoms with E-state index in [2.05, 4.69) is 26.8 Å². The SMILES string of the molecule is CCCCCOc1cccc(C2C(C#N)=C(N)Oc3cc(OC(=O)C(C)Oc4ccc(C(C)C)cc4)ccc32)c1. The minimum Gasteiger partial charge on any atom is -0.494 e. The van der Waals surface area contributed by atoms with Crippen molar-refractivity contribution in [1.29, 1.82) is 5.26 Å². The first-order chi connectivity index (χ1) is 19.3. The fourth-order valence-corrected chi connectivity index (χ4v) is 4.55. The number of ether oxygens (including phenoxy) is 4. The van der Waals surface area contributed by atoms with Crippen LogP contribution in [0.25, 0.3) is 0 Å². The van der Waals surface area contributed by atoms with Crippen LogP contribution < -0.4 is 24.7 Å². The molecule has 4 rings (SSSR count). The van der Waals surface area contributed by atoms with Crippen LogP contribution in [0.5, 0.6) is 23.0 Å². The van der Waals surface area contributed by atoms with Crippen LogP contribution in [0.2, 0.25) is 0 Å². The normalized spacial score (nSPS) is 15.1. The van der Waals surface area contributed by atoms with Crippen molar-refractivity contribution >= 4 is 5.97 Å². The Morgan fingerprint density at radius 2 is 1.75 bits per heavy atom. The number of nitriles is 1. The van der Waals surface area contributed by atoms with Crippen LogP contribution in [0.1, 0.15) is 75.5 Å². The molecule has 0 radical (unpaired) electrons. The molecule has 1 heterocycles. The van der Waals surface area contributed by atoms with E-state index in [-0.39, 0.29) is 11.6 Å². The first kappa shape index (κ1) is 28.6. The van der Waals surface area contributed by atoms with Gasteiger partial charge in [0.05, 0.1) is 12.5 Å². The number of fused-ring (bicyclic) bond motifs is 1. The number of unbranched alkanes of at least 4 members (excludes halogenated alkanes) is 2. The molecule has 0 bridgehead atoms. The topological polar surface area (TPSA) is 104 Å². The van der Waals surface area contributed by atoms with Crippen molar-refractivity contribution in [2.75, 3.05) is 6.61 Å². The number of nitrogens with two attached hydrogens (primary N) is 1. The van der Waals surface area contributed by atoms with Gasteiger partial charge in [0.1, 0.15) is 34.6 Å². The van der Waals surface area contributed by atoms with Crippen LogP contribution in [0.4, 0.5) is 0 Å². The van der Waals surface area contributed by atoms with Gasteiger partial charge in [0.25, 0.3) is 0 Å². The molecule has 7 heteroatoms. The lowest BCUT2D eigenvalue weighted by molar-refractivity contribution is -0.141. The molecule has 2 unspecified atom stereocenters. The summed E-state index contributed by atoms with van der Waals surface area (Å²) in [5.41, 5.74) is 9.27. The summed E-state index contributed by atoms with van der Waals surface area (Å²) in [5, 5.41) is 9.90. The molecule has 0 saturated heterocycles. The number of carbonyl (C=O) groups is 1. The van der Waals surface area contributed by atoms with E-state index in [1.54, 1.807) is 25.1 Å². The van der Waals surface area contributed by atoms with Gasteiger partial charge < -0.3 is 24.7 Å². The number of allylic oxidation sites excluding steroid dienone is 1. The number of nitrogens with zero attached hydrogens (tertiary/aromatic N) is 1. The number of rotatable bonds is 11. The summed E-state index contributed by atoms with van der Waals surface area (Å²) in [6, 6.07) is 22.6. The van der Waals surface area contributed by atoms with E-state index in [9.17, 15) is 10.1 Å². The predicted molar refractivity (Wildman–Crippen MR) is 153 cm³/mol. The van der Waals surface area contributed by atoms with Crippen LogP contribution in [-0.2, 0) is 4.79 Å². The van der Waals surface area contributed by atoms with Gasteiger partial charge in [-0.25, -0.2) is 4.79 Å². The van der Waals surface area contributed by atoms with Gasteiger partial charge in [0.15, 0.2) is 6.10 Å². The lowest BCUT2D eigenvalue weighted by atomic mass is 9.83. The first-order valence-corrected chi connectivity index (χ1v) is 13.7. The summed E-state index contributed by atoms with van der Waals surface area (Å²) in [5.74, 6) is 1.44. The average molecular weight is 541 g/mol. The first-order valence-electron chi connectivity index (χ1n) is 13.7. The third-order valence-electron chi connectivity index (χ3n) is 6.81. The molecule has 1 aliphatic heterocycles. The molecule has 0 aliphatic carbocycles. The number of hydrogen-bond donors (Lipinski definition) is 1. The van der Waals surface area contributed by atoms with Gasteiger partial charge in [-0.05, 0) is 60.7 Å². The molecule has 0 aromatic heterocycles. The fraction of sp³-hybridized carbons (Fsp3) is 0.333. The highest BCUT2D eigenvalue weighted by Gasteiger charge is 2.31. The highest BCUT2D eigenvalue weighted by Crippen LogP contribution is 2.44. The third-order valence-corrected chi connectivity index (χ3v) is 6.81. The van der Waals surface area contributed by atoms with Gasteiger partial charge in [-0.1, -0.05) is 63.9 Å². The Morgan fingerprint density at radius 3 is 2.45 bits per heavy atom. The van der Waals surface area contributed by atoms with Gasteiger partial charge in [-0.3, -0.25) is 0 Å². The van der Waals surface area contributed by atoms with Crippen molar-refractivity contribution in [3.63, 3.8) is 0 Å². The summed E-state index contributed by atoms with van der Waals surface area (Å²) in [6.07, 6.45) is 2.37. The molecule has 0 spiro atoms. The summed E-state index contributed by atoms with van der Waals surface area (Å²) in [4.78, 5) is 12.8. The van der Waals surface area contributed by atoms with Crippen LogP contribution in [0.3, 0.4) is 0 Å². The lowest BCUT2D eigenvalue weighted by Crippen LogP contribution is -2.28. The Morgan fingerprint density at radius 1 is 1.00 bits per heavy atom. The lowest BCUT2D eigenvalue weighted by Gasteiger charge is -2.27. The zero-order valence-electron chi connectivity index (χ0n) is 23.5. The number of esters is 1. The van der Waals surface area contributed by atoms with Gasteiger partial charge >= 0.3 is 5.97 Å². The molecular weight excluding hydrogens is 504 g/mol. The van der Waals surface area contributed by atoms with Crippen molar-refractivity contribution in [3.8, 4) is 29.1 Å². The van der Waals surface area contributed by atoms with Gasteiger partial charge in [-0.15, -0.1) is 0 Å². The standard InChI is InChI=1S/C33H36N2O5/c1-5-6-7-17-37-26-10-8-9-24(18-26)31-28-16-15-27(19-30(28)40-32(35)29(31)20-34)39-33(36)22(4)38-25-13-11-23(12-14-25)21(2)3/h8-16,18-19,21-22,31H,5-7,17,35H2,1-4H3. The summed E-state index contributed by atoms with van der Waals surface area (Å²) in [6.45, 7) is 8.65. The molecule has 7 nitrogen and oxygen atoms in total. The Hall–Kier alpha value is -4.44. The second kappa shape index (κ2) is 13.1. The smallest absolute Gasteiger partial charge is 0.352 e. The number of hydrogen-bond acceptors (Lipinski definition) is 7. The molecule has 3 aromatic rings. The highest BCUT2D eigenvalue weighted by atomic mass is 16.6. The largest absolute Gasteiger partial charge is 0.494 e. The van der Waals surface area contributed by atoms with Crippen molar-refractivity contribution in [3.05, 3.63) is 94.9 Å². The Bertz CT molecular complexity index is 1410. The van der Waals surface area contributed by atoms with Crippen molar-refractivity contribution in [1.82, 2.24) is 0 Å². The van der Waals surface area contributed by atoms with E-state index in [0.29, 0.717) is 29.6 Å². The van der Waals surface area contributed by atoms with Gasteiger partial charge in [0.2, 0.25) is 5.88 Å². The Labute approximate surface area is 236 Å². The molecule has 0 fully saturated rings. The Balaban J connectivity index is 1.51. The second-order valence-corrected chi connectivity index (χ2v) is 10.2. The van der Waals surface area contributed by atoms with Gasteiger partial charge in [0, 0.05) is 11.6 Å². The van der Waals surface area contributed by atoms with E-state index in [1.165, 1.54) is 5.56 Å². The third kappa shape index (κ3) is 6.76. The molecule has 2 N–H and O–H groups in total. The second-order valence-electron chi connectivity index (χ2n) is 10.2. The molecule has 3 aromatic carbocycles. The van der Waals surface area contributed by atoms with E-state index >= 15 is 0 Å². The molecule has 208 valence electrons. The maximum atomic E-state index is 12.8. The van der Waals surface area contributed by atoms with Crippen LogP contribution in [-0.4, -0.2) is 18.7 Å². The Kier molecular flexibility index (Phi) is 9.34. The maximum Gasteiger partial charge on any atom is 0.352 e. The van der Waals surface area contributed by atoms with E-state index < -0.39 is 18.0 Å². The maximum absolute atomic E-state index is 12.8. The number of carbonyl (C=O) groups excluding carboxylic acids is 1. The molecule has 40 heavy (non-hydrogen) atoms. The van der Waals surface area contributed by atoms with E-state index in [0.717, 1.165) is 36.1 Å². The predicted octanol–water partition coefficient (Wildman–Crippen LogP) is 6.97. The van der Waals surface area contributed by atoms with Crippen molar-refractivity contribution in [2.45, 2.75) is 64.9 Å². The van der Waals surface area contributed by atoms with Gasteiger partial charge in [-0.2, -0.15) is 5.26 Å². The molecule has 1 aliphatic rings. The minimum atomic E-state index is -0.829. The monoisotopic (exact) mass is 540 g/mol. The highest BCUT2D eigenvalue weighted by molar-refractivity contribution is 5.77. The van der Waals surface area contributed by atoms with Crippen LogP contribution in [0.15, 0.2) is 78.2 Å². The average Bonchev–Trinajstić information content (AvgIpc) is 2.95. The zero-order valence-corrected chi connectivity index (χ0v) is 23.5. The zero-order chi connectivity index (χ0) is 28.6. The van der Waals surface area contributed by atoms with E-state index in [1.807, 2.05) is 48.5 Å². The van der Waals surface area contributed by atoms with Crippen LogP contribution >= 0.6 is 0 Å². The summed E-state index contributed by atoms with van der Waals surface area (Å²) < 4.78 is 23.1. The molecule has 2 atom stereocenters. The minimum absolute atomic E-state index is 0.0132. The molecular formula is C33H36N2O5. The summed E-state index contributed by atoms with van der Waals surface area (Å²) >= 11 is 0. The van der Waals surface area contributed by atoms with Crippen LogP contribution in [0, 0.1) is 11.3 Å². The molecule has 0 saturated carbocycles. The van der Waals surface area contributed by atoms with Crippen molar-refractivity contribution in [2.24, 2.45) is 5.73 Å². The number of benzene rings is 3. The van der Waals surface area contributed by atoms with Crippen molar-refractivity contribution < 1.29 is 23.7 Å². The molecule has 0 amide bonds. The summed E-state index contributed by atoms with van der Waals surface area (Å²) in [7, 11) is 0. The van der Waals surface area contributed by atoms with E-state index in [4.69, 9.17) is 24.7 Å². The fourth-order valence-electron chi connectivity index (χ4n) is 4.55.